The van der Waals surface area contributed by atoms with Crippen molar-refractivity contribution >= 4 is 18.6 Å². The van der Waals surface area contributed by atoms with Crippen molar-refractivity contribution in [1.29, 1.82) is 0 Å². The fourth-order valence-corrected chi connectivity index (χ4v) is 0.995. The lowest BCUT2D eigenvalue weighted by atomic mass is 9.79. The maximum absolute atomic E-state index is 10.6. The fraction of sp³-hybridized carbons (Fsp3) is 0. The molecule has 0 heterocycles. The number of hydrogen-bond acceptors (Lipinski definition) is 3. The van der Waals surface area contributed by atoms with E-state index in [4.69, 9.17) is 5.11 Å². The Labute approximate surface area is 81.6 Å². The number of carbonyl (C=O) groups is 1. The van der Waals surface area contributed by atoms with Crippen LogP contribution in [0, 0.1) is 0 Å². The predicted molar refractivity (Wildman–Crippen MR) is 52.3 cm³/mol. The standard InChI is InChI=1S/C9H9BO4/c1-2-14-10(13)8-5-3-4-7(6-8)9(11)12/h2-6,13H,1H2,(H,11,12). The van der Waals surface area contributed by atoms with Crippen LogP contribution < -0.4 is 5.46 Å². The van der Waals surface area contributed by atoms with Crippen molar-refractivity contribution in [3.63, 3.8) is 0 Å². The van der Waals surface area contributed by atoms with E-state index in [1.807, 2.05) is 0 Å². The van der Waals surface area contributed by atoms with Gasteiger partial charge in [-0.15, -0.1) is 0 Å². The van der Waals surface area contributed by atoms with Gasteiger partial charge >= 0.3 is 13.1 Å². The molecule has 14 heavy (non-hydrogen) atoms. The number of benzene rings is 1. The lowest BCUT2D eigenvalue weighted by Gasteiger charge is -2.05. The first-order chi connectivity index (χ1) is 6.65. The van der Waals surface area contributed by atoms with Crippen molar-refractivity contribution < 1.29 is 19.6 Å². The molecule has 1 aromatic carbocycles. The minimum absolute atomic E-state index is 0.106. The highest BCUT2D eigenvalue weighted by Crippen LogP contribution is 1.97. The Morgan fingerprint density at radius 2 is 2.29 bits per heavy atom. The van der Waals surface area contributed by atoms with E-state index in [2.05, 4.69) is 11.2 Å². The molecule has 1 aromatic rings. The van der Waals surface area contributed by atoms with Crippen molar-refractivity contribution in [1.82, 2.24) is 0 Å². The van der Waals surface area contributed by atoms with E-state index in [0.717, 1.165) is 6.26 Å². The molecule has 0 aliphatic carbocycles. The molecular formula is C9H9BO4. The summed E-state index contributed by atoms with van der Waals surface area (Å²) in [5.41, 5.74) is 0.485. The smallest absolute Gasteiger partial charge is 0.539 e. The van der Waals surface area contributed by atoms with Crippen molar-refractivity contribution in [2.45, 2.75) is 0 Å². The molecule has 0 spiro atoms. The number of aromatic carboxylic acids is 1. The molecule has 2 N–H and O–H groups in total. The molecule has 0 atom stereocenters. The predicted octanol–water partition coefficient (Wildman–Crippen LogP) is 0.232. The molecule has 0 aliphatic heterocycles. The highest BCUT2D eigenvalue weighted by molar-refractivity contribution is 6.60. The molecule has 0 radical (unpaired) electrons. The highest BCUT2D eigenvalue weighted by atomic mass is 16.5. The second-order valence-corrected chi connectivity index (χ2v) is 2.59. The van der Waals surface area contributed by atoms with Gasteiger partial charge in [0.15, 0.2) is 0 Å². The van der Waals surface area contributed by atoms with E-state index in [0.29, 0.717) is 5.46 Å². The van der Waals surface area contributed by atoms with Crippen LogP contribution in [0.2, 0.25) is 0 Å². The summed E-state index contributed by atoms with van der Waals surface area (Å²) in [7, 11) is -1.17. The fourth-order valence-electron chi connectivity index (χ4n) is 0.995. The normalized spacial score (nSPS) is 9.21. The van der Waals surface area contributed by atoms with Crippen LogP contribution in [0.5, 0.6) is 0 Å². The third-order valence-corrected chi connectivity index (χ3v) is 1.64. The Kier molecular flexibility index (Phi) is 3.31. The van der Waals surface area contributed by atoms with Gasteiger partial charge in [-0.1, -0.05) is 18.7 Å². The molecule has 72 valence electrons. The Balaban J connectivity index is 2.93. The lowest BCUT2D eigenvalue weighted by Crippen LogP contribution is -2.32. The molecule has 4 nitrogen and oxygen atoms in total. The first-order valence-corrected chi connectivity index (χ1v) is 3.93. The number of carboxylic acids is 1. The topological polar surface area (TPSA) is 66.8 Å². The Hall–Kier alpha value is -1.75. The largest absolute Gasteiger partial charge is 0.559 e. The van der Waals surface area contributed by atoms with Crippen LogP contribution in [0.4, 0.5) is 0 Å². The Morgan fingerprint density at radius 1 is 1.57 bits per heavy atom. The van der Waals surface area contributed by atoms with E-state index in [1.165, 1.54) is 18.2 Å². The van der Waals surface area contributed by atoms with Gasteiger partial charge in [-0.3, -0.25) is 0 Å². The van der Waals surface area contributed by atoms with Crippen LogP contribution in [0.3, 0.4) is 0 Å². The summed E-state index contributed by atoms with van der Waals surface area (Å²) in [5, 5.41) is 18.0. The molecule has 0 aliphatic rings. The molecule has 0 aromatic heterocycles. The SMILES string of the molecule is C=COB(O)c1cccc(C(=O)O)c1. The monoisotopic (exact) mass is 192 g/mol. The van der Waals surface area contributed by atoms with Crippen LogP contribution in [0.1, 0.15) is 10.4 Å². The second kappa shape index (κ2) is 4.48. The molecule has 0 bridgehead atoms. The third-order valence-electron chi connectivity index (χ3n) is 1.64. The summed E-state index contributed by atoms with van der Waals surface area (Å²) >= 11 is 0. The quantitative estimate of drug-likeness (QED) is 0.529. The summed E-state index contributed by atoms with van der Waals surface area (Å²) < 4.78 is 4.69. The van der Waals surface area contributed by atoms with Crippen LogP contribution in [-0.2, 0) is 4.65 Å². The Bertz CT molecular complexity index is 350. The maximum atomic E-state index is 10.6. The Morgan fingerprint density at radius 3 is 2.86 bits per heavy atom. The third kappa shape index (κ3) is 2.37. The number of rotatable bonds is 4. The highest BCUT2D eigenvalue weighted by Gasteiger charge is 2.17. The molecular weight excluding hydrogens is 183 g/mol. The average Bonchev–Trinajstić information content (AvgIpc) is 2.18. The van der Waals surface area contributed by atoms with Crippen molar-refractivity contribution in [3.8, 4) is 0 Å². The zero-order chi connectivity index (χ0) is 10.6. The van der Waals surface area contributed by atoms with Gasteiger partial charge in [-0.05, 0) is 17.6 Å². The summed E-state index contributed by atoms with van der Waals surface area (Å²) in [5.74, 6) is -1.04. The van der Waals surface area contributed by atoms with Gasteiger partial charge in [0.2, 0.25) is 0 Å². The first-order valence-electron chi connectivity index (χ1n) is 3.93. The minimum Gasteiger partial charge on any atom is -0.539 e. The zero-order valence-corrected chi connectivity index (χ0v) is 7.38. The van der Waals surface area contributed by atoms with Crippen LogP contribution in [0.25, 0.3) is 0 Å². The summed E-state index contributed by atoms with van der Waals surface area (Å²) in [4.78, 5) is 10.6. The van der Waals surface area contributed by atoms with Crippen LogP contribution in [-0.4, -0.2) is 23.2 Å². The van der Waals surface area contributed by atoms with E-state index < -0.39 is 13.1 Å². The lowest BCUT2D eigenvalue weighted by molar-refractivity contribution is 0.0697. The van der Waals surface area contributed by atoms with Crippen molar-refractivity contribution in [3.05, 3.63) is 42.7 Å². The van der Waals surface area contributed by atoms with E-state index in [9.17, 15) is 9.82 Å². The van der Waals surface area contributed by atoms with Crippen molar-refractivity contribution in [2.75, 3.05) is 0 Å². The van der Waals surface area contributed by atoms with Crippen molar-refractivity contribution in [2.24, 2.45) is 0 Å². The molecule has 0 fully saturated rings. The molecule has 0 saturated heterocycles. The van der Waals surface area contributed by atoms with E-state index in [-0.39, 0.29) is 5.56 Å². The molecule has 1 rings (SSSR count). The van der Waals surface area contributed by atoms with Gasteiger partial charge in [0.25, 0.3) is 0 Å². The summed E-state index contributed by atoms with van der Waals surface area (Å²) in [6, 6.07) is 5.89. The summed E-state index contributed by atoms with van der Waals surface area (Å²) in [6.07, 6.45) is 1.10. The summed E-state index contributed by atoms with van der Waals surface area (Å²) in [6.45, 7) is 3.29. The van der Waals surface area contributed by atoms with E-state index in [1.54, 1.807) is 6.07 Å². The zero-order valence-electron chi connectivity index (χ0n) is 7.38. The average molecular weight is 192 g/mol. The first kappa shape index (κ1) is 10.3. The van der Waals surface area contributed by atoms with Gasteiger partial charge in [0, 0.05) is 0 Å². The minimum atomic E-state index is -1.17. The van der Waals surface area contributed by atoms with Gasteiger partial charge in [-0.2, -0.15) is 0 Å². The molecule has 0 amide bonds. The molecule has 5 heteroatoms. The second-order valence-electron chi connectivity index (χ2n) is 2.59. The maximum Gasteiger partial charge on any atom is 0.559 e. The van der Waals surface area contributed by atoms with E-state index >= 15 is 0 Å². The van der Waals surface area contributed by atoms with Crippen LogP contribution >= 0.6 is 0 Å². The molecule has 0 unspecified atom stereocenters. The van der Waals surface area contributed by atoms with Gasteiger partial charge in [0.1, 0.15) is 0 Å². The molecule has 0 saturated carbocycles. The van der Waals surface area contributed by atoms with Gasteiger partial charge in [0.05, 0.1) is 11.8 Å². The number of carboxylic acid groups (broad SMARTS) is 1. The number of hydrogen-bond donors (Lipinski definition) is 2. The van der Waals surface area contributed by atoms with Gasteiger partial charge in [-0.25, -0.2) is 4.79 Å². The van der Waals surface area contributed by atoms with Crippen LogP contribution in [0.15, 0.2) is 37.1 Å². The van der Waals surface area contributed by atoms with Gasteiger partial charge < -0.3 is 14.8 Å².